The zero-order chi connectivity index (χ0) is 22.7. The van der Waals surface area contributed by atoms with E-state index in [-0.39, 0.29) is 24.0 Å². The molecule has 1 saturated carbocycles. The molecule has 2 aliphatic rings. The molecular weight excluding hydrogens is 415 g/mol. The zero-order valence-corrected chi connectivity index (χ0v) is 18.6. The maximum Gasteiger partial charge on any atom is 0.270 e. The molecule has 1 unspecified atom stereocenters. The van der Waals surface area contributed by atoms with Crippen molar-refractivity contribution >= 4 is 5.82 Å². The smallest absolute Gasteiger partial charge is 0.270 e. The first kappa shape index (κ1) is 23.0. The van der Waals surface area contributed by atoms with Gasteiger partial charge in [-0.15, -0.1) is 0 Å². The number of aryl methyl sites for hydroxylation is 1. The summed E-state index contributed by atoms with van der Waals surface area (Å²) in [5, 5.41) is 9.30. The molecule has 1 atom stereocenters. The monoisotopic (exact) mass is 447 g/mol. The van der Waals surface area contributed by atoms with Gasteiger partial charge in [-0.05, 0) is 55.9 Å². The van der Waals surface area contributed by atoms with E-state index in [2.05, 4.69) is 9.97 Å². The van der Waals surface area contributed by atoms with Crippen LogP contribution in [0.2, 0.25) is 0 Å². The molecule has 32 heavy (non-hydrogen) atoms. The predicted molar refractivity (Wildman–Crippen MR) is 118 cm³/mol. The lowest BCUT2D eigenvalue weighted by atomic mass is 9.80. The van der Waals surface area contributed by atoms with E-state index < -0.39 is 5.92 Å². The normalized spacial score (nSPS) is 24.2. The van der Waals surface area contributed by atoms with Crippen LogP contribution >= 0.6 is 0 Å². The average Bonchev–Trinajstić information content (AvgIpc) is 3.28. The summed E-state index contributed by atoms with van der Waals surface area (Å²) in [6.45, 7) is 1.83. The van der Waals surface area contributed by atoms with Crippen molar-refractivity contribution in [3.05, 3.63) is 53.2 Å². The topological polar surface area (TPSA) is 49.2 Å². The molecule has 0 spiro atoms. The standard InChI is InChI=1S/C25H32F3N3O/c1-25(27,28)20-11-9-19(10-12-20)22-3-2-14-31(22)24-23(26)21(29-16-30-24)13-8-17-4-6-18(15-32)7-5-17/h9-12,16-18,22,32H,2-8,13-15H2,1H3. The van der Waals surface area contributed by atoms with Gasteiger partial charge in [-0.3, -0.25) is 0 Å². The molecule has 1 aliphatic heterocycles. The van der Waals surface area contributed by atoms with Crippen LogP contribution in [0, 0.1) is 17.7 Å². The SMILES string of the molecule is CC(F)(F)c1ccc(C2CCCN2c2ncnc(CCC3CCC(CO)CC3)c2F)cc1. The minimum absolute atomic E-state index is 0.0191. The Kier molecular flexibility index (Phi) is 7.03. The van der Waals surface area contributed by atoms with Crippen molar-refractivity contribution in [3.8, 4) is 0 Å². The number of hydrogen-bond donors (Lipinski definition) is 1. The molecule has 1 N–H and O–H groups in total. The van der Waals surface area contributed by atoms with Crippen LogP contribution in [0.5, 0.6) is 0 Å². The fraction of sp³-hybridized carbons (Fsp3) is 0.600. The molecular formula is C25H32F3N3O. The highest BCUT2D eigenvalue weighted by atomic mass is 19.3. The van der Waals surface area contributed by atoms with E-state index in [9.17, 15) is 13.9 Å². The lowest BCUT2D eigenvalue weighted by Crippen LogP contribution is -2.25. The number of alkyl halides is 2. The number of aliphatic hydroxyl groups is 1. The number of benzene rings is 1. The van der Waals surface area contributed by atoms with E-state index in [4.69, 9.17) is 0 Å². The molecule has 2 fully saturated rings. The molecule has 2 heterocycles. The van der Waals surface area contributed by atoms with Gasteiger partial charge >= 0.3 is 0 Å². The highest BCUT2D eigenvalue weighted by Gasteiger charge is 2.31. The van der Waals surface area contributed by atoms with Gasteiger partial charge in [0.15, 0.2) is 11.6 Å². The number of anilines is 1. The first-order chi connectivity index (χ1) is 15.4. The van der Waals surface area contributed by atoms with Crippen LogP contribution < -0.4 is 4.90 Å². The van der Waals surface area contributed by atoms with E-state index in [1.807, 2.05) is 4.90 Å². The molecule has 1 saturated heterocycles. The molecule has 0 radical (unpaired) electrons. The van der Waals surface area contributed by atoms with Crippen LogP contribution in [0.3, 0.4) is 0 Å². The molecule has 4 nitrogen and oxygen atoms in total. The van der Waals surface area contributed by atoms with Gasteiger partial charge in [-0.25, -0.2) is 23.1 Å². The molecule has 2 aromatic rings. The fourth-order valence-corrected chi connectivity index (χ4v) is 5.18. The van der Waals surface area contributed by atoms with Gasteiger partial charge < -0.3 is 10.0 Å². The van der Waals surface area contributed by atoms with Crippen LogP contribution in [0.25, 0.3) is 0 Å². The molecule has 174 valence electrons. The second-order valence-corrected chi connectivity index (χ2v) is 9.43. The first-order valence-corrected chi connectivity index (χ1v) is 11.7. The van der Waals surface area contributed by atoms with Gasteiger partial charge in [-0.2, -0.15) is 0 Å². The Hall–Kier alpha value is -2.15. The largest absolute Gasteiger partial charge is 0.396 e. The lowest BCUT2D eigenvalue weighted by molar-refractivity contribution is 0.0174. The third kappa shape index (κ3) is 5.08. The summed E-state index contributed by atoms with van der Waals surface area (Å²) in [6, 6.07) is 6.27. The minimum atomic E-state index is -2.88. The Morgan fingerprint density at radius 3 is 2.38 bits per heavy atom. The van der Waals surface area contributed by atoms with Crippen molar-refractivity contribution in [3.63, 3.8) is 0 Å². The van der Waals surface area contributed by atoms with Crippen LogP contribution in [0.4, 0.5) is 19.0 Å². The number of aromatic nitrogens is 2. The summed E-state index contributed by atoms with van der Waals surface area (Å²) < 4.78 is 42.5. The molecule has 7 heteroatoms. The van der Waals surface area contributed by atoms with Crippen molar-refractivity contribution in [1.29, 1.82) is 0 Å². The summed E-state index contributed by atoms with van der Waals surface area (Å²) in [6.07, 6.45) is 8.85. The van der Waals surface area contributed by atoms with Crippen molar-refractivity contribution in [1.82, 2.24) is 9.97 Å². The van der Waals surface area contributed by atoms with E-state index in [1.54, 1.807) is 12.1 Å². The van der Waals surface area contributed by atoms with Gasteiger partial charge in [0.25, 0.3) is 5.92 Å². The van der Waals surface area contributed by atoms with E-state index in [0.717, 1.165) is 57.4 Å². The summed E-state index contributed by atoms with van der Waals surface area (Å²) >= 11 is 0. The highest BCUT2D eigenvalue weighted by Crippen LogP contribution is 2.38. The van der Waals surface area contributed by atoms with Crippen molar-refractivity contribution in [2.45, 2.75) is 70.3 Å². The minimum Gasteiger partial charge on any atom is -0.396 e. The van der Waals surface area contributed by atoms with Crippen molar-refractivity contribution < 1.29 is 18.3 Å². The molecule has 1 aromatic heterocycles. The zero-order valence-electron chi connectivity index (χ0n) is 18.6. The number of nitrogens with zero attached hydrogens (tertiary/aromatic N) is 3. The van der Waals surface area contributed by atoms with E-state index in [0.29, 0.717) is 36.3 Å². The maximum atomic E-state index is 15.4. The highest BCUT2D eigenvalue weighted by molar-refractivity contribution is 5.46. The van der Waals surface area contributed by atoms with Gasteiger partial charge in [0.05, 0.1) is 11.7 Å². The lowest BCUT2D eigenvalue weighted by Gasteiger charge is -2.28. The van der Waals surface area contributed by atoms with Gasteiger partial charge in [-0.1, -0.05) is 37.1 Å². The second kappa shape index (κ2) is 9.77. The van der Waals surface area contributed by atoms with Crippen LogP contribution in [-0.4, -0.2) is 28.2 Å². The Bertz CT molecular complexity index is 892. The summed E-state index contributed by atoms with van der Waals surface area (Å²) in [7, 11) is 0. The number of halogens is 3. The molecule has 1 aromatic carbocycles. The van der Waals surface area contributed by atoms with E-state index >= 15 is 4.39 Å². The third-order valence-electron chi connectivity index (χ3n) is 7.18. The van der Waals surface area contributed by atoms with Gasteiger partial charge in [0.1, 0.15) is 6.33 Å². The van der Waals surface area contributed by atoms with Gasteiger partial charge in [0.2, 0.25) is 0 Å². The number of aliphatic hydroxyl groups excluding tert-OH is 1. The molecule has 1 aliphatic carbocycles. The van der Waals surface area contributed by atoms with Crippen molar-refractivity contribution in [2.24, 2.45) is 11.8 Å². The molecule has 4 rings (SSSR count). The predicted octanol–water partition coefficient (Wildman–Crippen LogP) is 5.80. The number of rotatable bonds is 7. The Morgan fingerprint density at radius 1 is 1.03 bits per heavy atom. The Labute approximate surface area is 187 Å². The first-order valence-electron chi connectivity index (χ1n) is 11.7. The average molecular weight is 448 g/mol. The fourth-order valence-electron chi connectivity index (χ4n) is 5.18. The third-order valence-corrected chi connectivity index (χ3v) is 7.18. The Balaban J connectivity index is 1.46. The quantitative estimate of drug-likeness (QED) is 0.583. The maximum absolute atomic E-state index is 15.4. The summed E-state index contributed by atoms with van der Waals surface area (Å²) in [5.41, 5.74) is 1.33. The summed E-state index contributed by atoms with van der Waals surface area (Å²) in [5.74, 6) is -1.96. The molecule has 0 bridgehead atoms. The summed E-state index contributed by atoms with van der Waals surface area (Å²) in [4.78, 5) is 10.4. The van der Waals surface area contributed by atoms with Crippen LogP contribution in [0.15, 0.2) is 30.6 Å². The van der Waals surface area contributed by atoms with Gasteiger partial charge in [0, 0.05) is 25.6 Å². The van der Waals surface area contributed by atoms with Crippen molar-refractivity contribution in [2.75, 3.05) is 18.1 Å². The Morgan fingerprint density at radius 2 is 1.72 bits per heavy atom. The van der Waals surface area contributed by atoms with Crippen LogP contribution in [0.1, 0.15) is 74.7 Å². The van der Waals surface area contributed by atoms with E-state index in [1.165, 1.54) is 18.5 Å². The molecule has 0 amide bonds. The van der Waals surface area contributed by atoms with Crippen LogP contribution in [-0.2, 0) is 12.3 Å². The number of hydrogen-bond acceptors (Lipinski definition) is 4. The second-order valence-electron chi connectivity index (χ2n) is 9.43.